The van der Waals surface area contributed by atoms with E-state index in [0.717, 1.165) is 0 Å². The third-order valence-electron chi connectivity index (χ3n) is 2.18. The maximum atomic E-state index is 10.9. The minimum Gasteiger partial charge on any atom is -0.496 e. The minimum atomic E-state index is -0.568. The zero-order chi connectivity index (χ0) is 13.8. The molecule has 2 rings (SSSR count). The molecule has 0 spiro atoms. The topological polar surface area (TPSA) is 87.4 Å². The zero-order valence-corrected chi connectivity index (χ0v) is 10.5. The van der Waals surface area contributed by atoms with Crippen molar-refractivity contribution in [3.8, 4) is 17.4 Å². The van der Waals surface area contributed by atoms with Gasteiger partial charge in [0.05, 0.1) is 18.1 Å². The van der Waals surface area contributed by atoms with Crippen molar-refractivity contribution in [3.05, 3.63) is 45.6 Å². The molecule has 7 nitrogen and oxygen atoms in total. The lowest BCUT2D eigenvalue weighted by Crippen LogP contribution is -1.96. The maximum absolute atomic E-state index is 10.9. The molecule has 0 unspecified atom stereocenters. The van der Waals surface area contributed by atoms with Crippen molar-refractivity contribution in [2.24, 2.45) is 0 Å². The van der Waals surface area contributed by atoms with Crippen LogP contribution in [0.2, 0.25) is 5.15 Å². The largest absolute Gasteiger partial charge is 0.496 e. The van der Waals surface area contributed by atoms with Gasteiger partial charge in [0.1, 0.15) is 5.75 Å². The standard InChI is InChI=1S/C11H8ClN3O4/c1-18-7-2-3-9(8(6-7)15(16)17)19-11-5-4-10(12)13-14-11/h2-6H,1H3. The van der Waals surface area contributed by atoms with Gasteiger partial charge in [-0.1, -0.05) is 11.6 Å². The number of methoxy groups -OCH3 is 1. The van der Waals surface area contributed by atoms with Gasteiger partial charge >= 0.3 is 5.69 Å². The first kappa shape index (κ1) is 13.0. The van der Waals surface area contributed by atoms with E-state index in [1.54, 1.807) is 6.07 Å². The number of nitro benzene ring substituents is 1. The molecule has 1 heterocycles. The minimum absolute atomic E-state index is 0.0439. The van der Waals surface area contributed by atoms with Crippen LogP contribution in [0.1, 0.15) is 0 Å². The number of hydrogen-bond donors (Lipinski definition) is 0. The Morgan fingerprint density at radius 3 is 2.63 bits per heavy atom. The summed E-state index contributed by atoms with van der Waals surface area (Å²) in [5.74, 6) is 0.515. The molecule has 0 amide bonds. The van der Waals surface area contributed by atoms with Gasteiger partial charge in [-0.3, -0.25) is 10.1 Å². The lowest BCUT2D eigenvalue weighted by Gasteiger charge is -2.06. The van der Waals surface area contributed by atoms with Crippen molar-refractivity contribution in [2.45, 2.75) is 0 Å². The molecule has 19 heavy (non-hydrogen) atoms. The predicted molar refractivity (Wildman–Crippen MR) is 66.8 cm³/mol. The summed E-state index contributed by atoms with van der Waals surface area (Å²) in [5.41, 5.74) is -0.226. The molecule has 0 aliphatic rings. The Balaban J connectivity index is 2.33. The molecule has 0 bridgehead atoms. The van der Waals surface area contributed by atoms with Crippen LogP contribution in [0.4, 0.5) is 5.69 Å². The number of hydrogen-bond acceptors (Lipinski definition) is 6. The molecule has 0 N–H and O–H groups in total. The van der Waals surface area contributed by atoms with E-state index >= 15 is 0 Å². The lowest BCUT2D eigenvalue weighted by molar-refractivity contribution is -0.385. The van der Waals surface area contributed by atoms with Gasteiger partial charge in [-0.15, -0.1) is 10.2 Å². The van der Waals surface area contributed by atoms with Crippen LogP contribution in [-0.2, 0) is 0 Å². The van der Waals surface area contributed by atoms with E-state index in [-0.39, 0.29) is 22.5 Å². The van der Waals surface area contributed by atoms with Crippen LogP contribution < -0.4 is 9.47 Å². The molecule has 1 aromatic carbocycles. The Morgan fingerprint density at radius 1 is 1.26 bits per heavy atom. The number of halogens is 1. The molecule has 0 atom stereocenters. The van der Waals surface area contributed by atoms with Gasteiger partial charge < -0.3 is 9.47 Å². The highest BCUT2D eigenvalue weighted by Crippen LogP contribution is 2.33. The van der Waals surface area contributed by atoms with E-state index in [4.69, 9.17) is 21.1 Å². The summed E-state index contributed by atoms with van der Waals surface area (Å²) in [7, 11) is 1.42. The molecule has 98 valence electrons. The van der Waals surface area contributed by atoms with Gasteiger partial charge in [-0.25, -0.2) is 0 Å². The van der Waals surface area contributed by atoms with Crippen LogP contribution in [0.3, 0.4) is 0 Å². The quantitative estimate of drug-likeness (QED) is 0.632. The van der Waals surface area contributed by atoms with Crippen LogP contribution in [0.5, 0.6) is 17.4 Å². The normalized spacial score (nSPS) is 10.0. The zero-order valence-electron chi connectivity index (χ0n) is 9.74. The van der Waals surface area contributed by atoms with Gasteiger partial charge in [0.25, 0.3) is 0 Å². The summed E-state index contributed by atoms with van der Waals surface area (Å²) in [6.07, 6.45) is 0. The maximum Gasteiger partial charge on any atom is 0.315 e. The Labute approximate surface area is 112 Å². The van der Waals surface area contributed by atoms with Crippen molar-refractivity contribution < 1.29 is 14.4 Å². The molecule has 2 aromatic rings. The van der Waals surface area contributed by atoms with Gasteiger partial charge in [0.2, 0.25) is 11.6 Å². The monoisotopic (exact) mass is 281 g/mol. The summed E-state index contributed by atoms with van der Waals surface area (Å²) < 4.78 is 10.2. The SMILES string of the molecule is COc1ccc(Oc2ccc(Cl)nn2)c([N+](=O)[O-])c1. The van der Waals surface area contributed by atoms with E-state index in [1.807, 2.05) is 0 Å². The molecule has 0 aliphatic carbocycles. The second-order valence-corrected chi connectivity index (χ2v) is 3.77. The van der Waals surface area contributed by atoms with Gasteiger partial charge in [0.15, 0.2) is 5.15 Å². The number of benzene rings is 1. The summed E-state index contributed by atoms with van der Waals surface area (Å²) in [6.45, 7) is 0. The molecular formula is C11H8ClN3O4. The van der Waals surface area contributed by atoms with Crippen molar-refractivity contribution in [2.75, 3.05) is 7.11 Å². The second kappa shape index (κ2) is 5.49. The average molecular weight is 282 g/mol. The van der Waals surface area contributed by atoms with Crippen molar-refractivity contribution >= 4 is 17.3 Å². The van der Waals surface area contributed by atoms with E-state index < -0.39 is 4.92 Å². The summed E-state index contributed by atoms with van der Waals surface area (Å²) in [4.78, 5) is 10.4. The van der Waals surface area contributed by atoms with Gasteiger partial charge in [0, 0.05) is 6.07 Å². The third-order valence-corrected chi connectivity index (χ3v) is 2.39. The van der Waals surface area contributed by atoms with Crippen LogP contribution >= 0.6 is 11.6 Å². The van der Waals surface area contributed by atoms with E-state index in [0.29, 0.717) is 5.75 Å². The van der Waals surface area contributed by atoms with Crippen LogP contribution in [0, 0.1) is 10.1 Å². The van der Waals surface area contributed by atoms with E-state index in [9.17, 15) is 10.1 Å². The first-order valence-corrected chi connectivity index (χ1v) is 5.47. The molecule has 0 fully saturated rings. The molecule has 8 heteroatoms. The first-order chi connectivity index (χ1) is 9.10. The molecule has 0 saturated carbocycles. The number of nitro groups is 1. The smallest absolute Gasteiger partial charge is 0.315 e. The van der Waals surface area contributed by atoms with E-state index in [2.05, 4.69) is 10.2 Å². The Bertz CT molecular complexity index is 603. The van der Waals surface area contributed by atoms with Crippen LogP contribution in [0.25, 0.3) is 0 Å². The predicted octanol–water partition coefficient (Wildman–Crippen LogP) is 2.84. The average Bonchev–Trinajstić information content (AvgIpc) is 2.41. The first-order valence-electron chi connectivity index (χ1n) is 5.09. The summed E-state index contributed by atoms with van der Waals surface area (Å²) >= 11 is 5.58. The van der Waals surface area contributed by atoms with Crippen LogP contribution in [0.15, 0.2) is 30.3 Å². The van der Waals surface area contributed by atoms with Crippen molar-refractivity contribution in [1.29, 1.82) is 0 Å². The van der Waals surface area contributed by atoms with Gasteiger partial charge in [-0.2, -0.15) is 0 Å². The number of aromatic nitrogens is 2. The molecule has 0 saturated heterocycles. The van der Waals surface area contributed by atoms with E-state index in [1.165, 1.54) is 31.4 Å². The third kappa shape index (κ3) is 3.08. The molecular weight excluding hydrogens is 274 g/mol. The van der Waals surface area contributed by atoms with Gasteiger partial charge in [-0.05, 0) is 18.2 Å². The fourth-order valence-electron chi connectivity index (χ4n) is 1.32. The number of nitrogens with zero attached hydrogens (tertiary/aromatic N) is 3. The molecule has 0 radical (unpaired) electrons. The number of rotatable bonds is 4. The van der Waals surface area contributed by atoms with Crippen molar-refractivity contribution in [3.63, 3.8) is 0 Å². The fourth-order valence-corrected chi connectivity index (χ4v) is 1.42. The Kier molecular flexibility index (Phi) is 3.76. The highest BCUT2D eigenvalue weighted by Gasteiger charge is 2.17. The Hall–Kier alpha value is -2.41. The van der Waals surface area contributed by atoms with Crippen molar-refractivity contribution in [1.82, 2.24) is 10.2 Å². The summed E-state index contributed by atoms with van der Waals surface area (Å²) in [6, 6.07) is 7.17. The second-order valence-electron chi connectivity index (χ2n) is 3.39. The highest BCUT2D eigenvalue weighted by molar-refractivity contribution is 6.29. The van der Waals surface area contributed by atoms with Crippen LogP contribution in [-0.4, -0.2) is 22.2 Å². The molecule has 0 aliphatic heterocycles. The molecule has 1 aromatic heterocycles. The fraction of sp³-hybridized carbons (Fsp3) is 0.0909. The Morgan fingerprint density at radius 2 is 2.05 bits per heavy atom. The highest BCUT2D eigenvalue weighted by atomic mass is 35.5. The number of ether oxygens (including phenoxy) is 2. The lowest BCUT2D eigenvalue weighted by atomic mass is 10.3. The summed E-state index contributed by atoms with van der Waals surface area (Å²) in [5, 5.41) is 18.4.